The van der Waals surface area contributed by atoms with Gasteiger partial charge in [0.1, 0.15) is 5.82 Å². The molecule has 0 aliphatic heterocycles. The number of halogens is 1. The summed E-state index contributed by atoms with van der Waals surface area (Å²) in [5, 5.41) is 4.07. The highest BCUT2D eigenvalue weighted by atomic mass is 19.1. The van der Waals surface area contributed by atoms with Crippen LogP contribution >= 0.6 is 0 Å². The van der Waals surface area contributed by atoms with Crippen molar-refractivity contribution >= 4 is 5.97 Å². The van der Waals surface area contributed by atoms with Gasteiger partial charge in [-0.1, -0.05) is 0 Å². The summed E-state index contributed by atoms with van der Waals surface area (Å²) in [6.07, 6.45) is 1.51. The van der Waals surface area contributed by atoms with Gasteiger partial charge in [0.05, 0.1) is 18.5 Å². The summed E-state index contributed by atoms with van der Waals surface area (Å²) in [5.41, 5.74) is 1.68. The van der Waals surface area contributed by atoms with Crippen LogP contribution in [0.2, 0.25) is 0 Å². The molecule has 1 aromatic carbocycles. The van der Waals surface area contributed by atoms with Gasteiger partial charge in [0.25, 0.3) is 0 Å². The van der Waals surface area contributed by atoms with Crippen molar-refractivity contribution < 1.29 is 13.9 Å². The van der Waals surface area contributed by atoms with Crippen LogP contribution in [0.4, 0.5) is 4.39 Å². The van der Waals surface area contributed by atoms with Gasteiger partial charge >= 0.3 is 5.97 Å². The molecule has 1 heterocycles. The van der Waals surface area contributed by atoms with Gasteiger partial charge in [-0.05, 0) is 43.7 Å². The number of ether oxygens (including phenoxy) is 1. The van der Waals surface area contributed by atoms with E-state index in [1.807, 2.05) is 0 Å². The largest absolute Gasteiger partial charge is 0.461 e. The fraction of sp³-hybridized carbons (Fsp3) is 0.231. The Morgan fingerprint density at radius 2 is 2.22 bits per heavy atom. The normalized spacial score (nSPS) is 10.4. The van der Waals surface area contributed by atoms with Gasteiger partial charge in [-0.3, -0.25) is 0 Å². The third-order valence-corrected chi connectivity index (χ3v) is 2.51. The Balaban J connectivity index is 2.45. The van der Waals surface area contributed by atoms with Crippen LogP contribution in [-0.2, 0) is 4.74 Å². The molecule has 0 spiro atoms. The van der Waals surface area contributed by atoms with Crippen molar-refractivity contribution in [3.05, 3.63) is 47.5 Å². The van der Waals surface area contributed by atoms with Crippen molar-refractivity contribution in [3.63, 3.8) is 0 Å². The number of hydrogen-bond donors (Lipinski definition) is 0. The van der Waals surface area contributed by atoms with E-state index in [0.717, 1.165) is 0 Å². The summed E-state index contributed by atoms with van der Waals surface area (Å²) in [7, 11) is 0. The molecule has 5 heteroatoms. The summed E-state index contributed by atoms with van der Waals surface area (Å²) in [5.74, 6) is -0.764. The molecular formula is C13H13FN2O2. The average molecular weight is 248 g/mol. The molecule has 0 saturated carbocycles. The fourth-order valence-corrected chi connectivity index (χ4v) is 1.71. The first-order valence-electron chi connectivity index (χ1n) is 5.61. The number of carbonyl (C=O) groups is 1. The average Bonchev–Trinajstić information content (AvgIpc) is 2.78. The molecule has 0 unspecified atom stereocenters. The molecule has 0 N–H and O–H groups in total. The van der Waals surface area contributed by atoms with Crippen LogP contribution in [0.25, 0.3) is 5.69 Å². The van der Waals surface area contributed by atoms with Crippen molar-refractivity contribution in [2.45, 2.75) is 13.8 Å². The lowest BCUT2D eigenvalue weighted by atomic mass is 10.2. The summed E-state index contributed by atoms with van der Waals surface area (Å²) >= 11 is 0. The molecule has 0 aliphatic carbocycles. The molecule has 0 fully saturated rings. The SMILES string of the molecule is CCOC(=O)c1ccnn1-c1ccc(F)cc1C. The van der Waals surface area contributed by atoms with E-state index in [0.29, 0.717) is 23.6 Å². The van der Waals surface area contributed by atoms with Gasteiger partial charge in [-0.2, -0.15) is 5.10 Å². The molecule has 2 aromatic rings. The van der Waals surface area contributed by atoms with Crippen LogP contribution in [0, 0.1) is 12.7 Å². The van der Waals surface area contributed by atoms with Crippen molar-refractivity contribution in [1.29, 1.82) is 0 Å². The third-order valence-electron chi connectivity index (χ3n) is 2.51. The lowest BCUT2D eigenvalue weighted by molar-refractivity contribution is 0.0516. The molecule has 0 bridgehead atoms. The molecule has 0 aliphatic rings. The minimum atomic E-state index is -0.446. The maximum Gasteiger partial charge on any atom is 0.357 e. The number of rotatable bonds is 3. The van der Waals surface area contributed by atoms with Crippen LogP contribution in [0.5, 0.6) is 0 Å². The van der Waals surface area contributed by atoms with E-state index in [9.17, 15) is 9.18 Å². The predicted molar refractivity (Wildman–Crippen MR) is 64.2 cm³/mol. The fourth-order valence-electron chi connectivity index (χ4n) is 1.71. The van der Waals surface area contributed by atoms with E-state index in [-0.39, 0.29) is 5.82 Å². The smallest absolute Gasteiger partial charge is 0.357 e. The minimum Gasteiger partial charge on any atom is -0.461 e. The standard InChI is InChI=1S/C13H13FN2O2/c1-3-18-13(17)12-6-7-15-16(12)11-5-4-10(14)8-9(11)2/h4-8H,3H2,1-2H3. The maximum absolute atomic E-state index is 13.0. The molecule has 18 heavy (non-hydrogen) atoms. The minimum absolute atomic E-state index is 0.298. The van der Waals surface area contributed by atoms with Gasteiger partial charge in [0, 0.05) is 0 Å². The Morgan fingerprint density at radius 3 is 2.89 bits per heavy atom. The third kappa shape index (κ3) is 2.25. The van der Waals surface area contributed by atoms with Crippen LogP contribution < -0.4 is 0 Å². The number of aromatic nitrogens is 2. The Hall–Kier alpha value is -2.17. The predicted octanol–water partition coefficient (Wildman–Crippen LogP) is 2.50. The van der Waals surface area contributed by atoms with E-state index in [2.05, 4.69) is 5.10 Å². The lowest BCUT2D eigenvalue weighted by Crippen LogP contribution is -2.12. The van der Waals surface area contributed by atoms with E-state index >= 15 is 0 Å². The second-order valence-electron chi connectivity index (χ2n) is 3.78. The molecule has 0 amide bonds. The first-order valence-corrected chi connectivity index (χ1v) is 5.61. The zero-order valence-electron chi connectivity index (χ0n) is 10.2. The molecule has 0 saturated heterocycles. The molecule has 2 rings (SSSR count). The number of benzene rings is 1. The maximum atomic E-state index is 13.0. The van der Waals surface area contributed by atoms with E-state index in [4.69, 9.17) is 4.74 Å². The molecule has 94 valence electrons. The van der Waals surface area contributed by atoms with Crippen molar-refractivity contribution in [1.82, 2.24) is 9.78 Å². The van der Waals surface area contributed by atoms with E-state index in [1.165, 1.54) is 23.0 Å². The zero-order chi connectivity index (χ0) is 13.1. The molecule has 0 radical (unpaired) electrons. The van der Waals surface area contributed by atoms with Crippen molar-refractivity contribution in [2.24, 2.45) is 0 Å². The molecular weight excluding hydrogens is 235 g/mol. The van der Waals surface area contributed by atoms with Crippen LogP contribution in [0.1, 0.15) is 23.0 Å². The molecule has 4 nitrogen and oxygen atoms in total. The number of nitrogens with zero attached hydrogens (tertiary/aromatic N) is 2. The van der Waals surface area contributed by atoms with Gasteiger partial charge in [0.15, 0.2) is 5.69 Å². The second kappa shape index (κ2) is 5.00. The van der Waals surface area contributed by atoms with Crippen LogP contribution in [0.15, 0.2) is 30.5 Å². The molecule has 0 atom stereocenters. The molecule has 1 aromatic heterocycles. The number of aryl methyl sites for hydroxylation is 1. The first-order chi connectivity index (χ1) is 8.63. The summed E-state index contributed by atoms with van der Waals surface area (Å²) in [6.45, 7) is 3.79. The Kier molecular flexibility index (Phi) is 3.41. The lowest BCUT2D eigenvalue weighted by Gasteiger charge is -2.09. The first kappa shape index (κ1) is 12.3. The number of carbonyl (C=O) groups excluding carboxylic acids is 1. The van der Waals surface area contributed by atoms with Crippen LogP contribution in [-0.4, -0.2) is 22.4 Å². The van der Waals surface area contributed by atoms with E-state index in [1.54, 1.807) is 26.0 Å². The summed E-state index contributed by atoms with van der Waals surface area (Å²) in [4.78, 5) is 11.7. The Morgan fingerprint density at radius 1 is 1.44 bits per heavy atom. The van der Waals surface area contributed by atoms with Crippen LogP contribution in [0.3, 0.4) is 0 Å². The van der Waals surface area contributed by atoms with E-state index < -0.39 is 5.97 Å². The number of esters is 1. The summed E-state index contributed by atoms with van der Waals surface area (Å²) in [6, 6.07) is 5.88. The van der Waals surface area contributed by atoms with Gasteiger partial charge in [0.2, 0.25) is 0 Å². The highest BCUT2D eigenvalue weighted by molar-refractivity contribution is 5.88. The van der Waals surface area contributed by atoms with Gasteiger partial charge in [-0.25, -0.2) is 13.9 Å². The number of hydrogen-bond acceptors (Lipinski definition) is 3. The quantitative estimate of drug-likeness (QED) is 0.784. The Bertz CT molecular complexity index is 578. The highest BCUT2D eigenvalue weighted by Gasteiger charge is 2.15. The topological polar surface area (TPSA) is 44.1 Å². The van der Waals surface area contributed by atoms with Gasteiger partial charge < -0.3 is 4.74 Å². The zero-order valence-corrected chi connectivity index (χ0v) is 10.2. The monoisotopic (exact) mass is 248 g/mol. The summed E-state index contributed by atoms with van der Waals surface area (Å²) < 4.78 is 19.4. The van der Waals surface area contributed by atoms with Gasteiger partial charge in [-0.15, -0.1) is 0 Å². The second-order valence-corrected chi connectivity index (χ2v) is 3.78. The highest BCUT2D eigenvalue weighted by Crippen LogP contribution is 2.17. The van der Waals surface area contributed by atoms with Crippen molar-refractivity contribution in [2.75, 3.05) is 6.61 Å². The van der Waals surface area contributed by atoms with Crippen molar-refractivity contribution in [3.8, 4) is 5.69 Å². The Labute approximate surface area is 104 Å².